The van der Waals surface area contributed by atoms with Gasteiger partial charge in [-0.15, -0.1) is 0 Å². The molecule has 2 rings (SSSR count). The molecule has 4 nitrogen and oxygen atoms in total. The van der Waals surface area contributed by atoms with Crippen LogP contribution >= 0.6 is 0 Å². The standard InChI is InChI=1S/C13H14FN3O/c1-8-5-9(3-4-11(8)14)13-16-10(7-15-2)6-12(18)17-13/h3-6,15H,7H2,1-2H3,(H,16,17,18). The van der Waals surface area contributed by atoms with Crippen molar-refractivity contribution >= 4 is 0 Å². The summed E-state index contributed by atoms with van der Waals surface area (Å²) in [6, 6.07) is 6.08. The number of aromatic amines is 1. The number of hydrogen-bond acceptors (Lipinski definition) is 3. The van der Waals surface area contributed by atoms with Crippen LogP contribution in [0, 0.1) is 12.7 Å². The van der Waals surface area contributed by atoms with Crippen molar-refractivity contribution in [3.05, 3.63) is 51.7 Å². The highest BCUT2D eigenvalue weighted by Crippen LogP contribution is 2.17. The molecular weight excluding hydrogens is 233 g/mol. The van der Waals surface area contributed by atoms with Gasteiger partial charge in [-0.2, -0.15) is 0 Å². The SMILES string of the molecule is CNCc1cc(=O)[nH]c(-c2ccc(F)c(C)c2)n1. The smallest absolute Gasteiger partial charge is 0.251 e. The lowest BCUT2D eigenvalue weighted by atomic mass is 10.1. The van der Waals surface area contributed by atoms with Gasteiger partial charge in [0.15, 0.2) is 0 Å². The van der Waals surface area contributed by atoms with Gasteiger partial charge in [0.05, 0.1) is 5.69 Å². The van der Waals surface area contributed by atoms with Crippen molar-refractivity contribution in [2.75, 3.05) is 7.05 Å². The van der Waals surface area contributed by atoms with Gasteiger partial charge >= 0.3 is 0 Å². The Balaban J connectivity index is 2.49. The van der Waals surface area contributed by atoms with Gasteiger partial charge in [-0.05, 0) is 37.7 Å². The van der Waals surface area contributed by atoms with E-state index in [1.54, 1.807) is 26.1 Å². The third kappa shape index (κ3) is 2.62. The fourth-order valence-electron chi connectivity index (χ4n) is 1.71. The van der Waals surface area contributed by atoms with Crippen LogP contribution in [0.25, 0.3) is 11.4 Å². The Hall–Kier alpha value is -2.01. The quantitative estimate of drug-likeness (QED) is 0.866. The average molecular weight is 247 g/mol. The van der Waals surface area contributed by atoms with Crippen LogP contribution in [0.2, 0.25) is 0 Å². The molecule has 2 N–H and O–H groups in total. The van der Waals surface area contributed by atoms with Crippen LogP contribution in [0.4, 0.5) is 4.39 Å². The third-order valence-corrected chi connectivity index (χ3v) is 2.58. The average Bonchev–Trinajstić information content (AvgIpc) is 2.32. The van der Waals surface area contributed by atoms with Gasteiger partial charge < -0.3 is 10.3 Å². The molecule has 0 spiro atoms. The number of aryl methyl sites for hydroxylation is 1. The Morgan fingerprint density at radius 3 is 2.83 bits per heavy atom. The lowest BCUT2D eigenvalue weighted by Crippen LogP contribution is -2.14. The molecule has 0 atom stereocenters. The molecule has 0 saturated carbocycles. The number of benzene rings is 1. The second-order valence-electron chi connectivity index (χ2n) is 4.08. The van der Waals surface area contributed by atoms with Gasteiger partial charge in [-0.3, -0.25) is 4.79 Å². The minimum atomic E-state index is -0.271. The molecule has 0 unspecified atom stereocenters. The maximum Gasteiger partial charge on any atom is 0.251 e. The van der Waals surface area contributed by atoms with E-state index in [4.69, 9.17) is 0 Å². The molecule has 5 heteroatoms. The first-order chi connectivity index (χ1) is 8.60. The highest BCUT2D eigenvalue weighted by atomic mass is 19.1. The molecule has 0 amide bonds. The van der Waals surface area contributed by atoms with Gasteiger partial charge in [0.25, 0.3) is 5.56 Å². The van der Waals surface area contributed by atoms with E-state index >= 15 is 0 Å². The Kier molecular flexibility index (Phi) is 3.53. The Labute approximate surface area is 104 Å². The fourth-order valence-corrected chi connectivity index (χ4v) is 1.71. The van der Waals surface area contributed by atoms with Crippen LogP contribution < -0.4 is 10.9 Å². The Bertz CT molecular complexity index is 622. The number of nitrogens with zero attached hydrogens (tertiary/aromatic N) is 1. The molecule has 0 bridgehead atoms. The summed E-state index contributed by atoms with van der Waals surface area (Å²) in [5.41, 5.74) is 1.66. The van der Waals surface area contributed by atoms with E-state index in [9.17, 15) is 9.18 Å². The van der Waals surface area contributed by atoms with E-state index in [-0.39, 0.29) is 11.4 Å². The summed E-state index contributed by atoms with van der Waals surface area (Å²) >= 11 is 0. The molecule has 0 aliphatic heterocycles. The predicted octanol–water partition coefficient (Wildman–Crippen LogP) is 1.60. The van der Waals surface area contributed by atoms with Crippen molar-refractivity contribution in [1.82, 2.24) is 15.3 Å². The van der Waals surface area contributed by atoms with Crippen molar-refractivity contribution < 1.29 is 4.39 Å². The number of aromatic nitrogens is 2. The number of nitrogens with one attached hydrogen (secondary N) is 2. The lowest BCUT2D eigenvalue weighted by Gasteiger charge is -2.05. The molecule has 94 valence electrons. The van der Waals surface area contributed by atoms with Crippen LogP contribution in [-0.2, 0) is 6.54 Å². The summed E-state index contributed by atoms with van der Waals surface area (Å²) < 4.78 is 13.2. The molecule has 0 aliphatic carbocycles. The van der Waals surface area contributed by atoms with Gasteiger partial charge in [0.2, 0.25) is 0 Å². The molecule has 1 heterocycles. The summed E-state index contributed by atoms with van der Waals surface area (Å²) in [6.07, 6.45) is 0. The molecule has 0 saturated heterocycles. The van der Waals surface area contributed by atoms with Gasteiger partial charge in [-0.1, -0.05) is 0 Å². The van der Waals surface area contributed by atoms with Crippen LogP contribution in [0.3, 0.4) is 0 Å². The van der Waals surface area contributed by atoms with Gasteiger partial charge in [0, 0.05) is 18.2 Å². The zero-order valence-corrected chi connectivity index (χ0v) is 10.2. The van der Waals surface area contributed by atoms with E-state index in [0.29, 0.717) is 29.2 Å². The van der Waals surface area contributed by atoms with Crippen LogP contribution in [-0.4, -0.2) is 17.0 Å². The zero-order valence-electron chi connectivity index (χ0n) is 10.2. The van der Waals surface area contributed by atoms with Gasteiger partial charge in [0.1, 0.15) is 11.6 Å². The summed E-state index contributed by atoms with van der Waals surface area (Å²) in [4.78, 5) is 18.5. The minimum Gasteiger partial charge on any atom is -0.314 e. The van der Waals surface area contributed by atoms with Crippen molar-refractivity contribution in [3.8, 4) is 11.4 Å². The van der Waals surface area contributed by atoms with Crippen LogP contribution in [0.5, 0.6) is 0 Å². The molecule has 0 radical (unpaired) electrons. The first-order valence-electron chi connectivity index (χ1n) is 5.61. The molecule has 0 fully saturated rings. The summed E-state index contributed by atoms with van der Waals surface area (Å²) in [5, 5.41) is 2.94. The second-order valence-corrected chi connectivity index (χ2v) is 4.08. The molecule has 2 aromatic rings. The van der Waals surface area contributed by atoms with Crippen molar-refractivity contribution in [2.45, 2.75) is 13.5 Å². The number of hydrogen-bond donors (Lipinski definition) is 2. The Morgan fingerprint density at radius 1 is 1.39 bits per heavy atom. The van der Waals surface area contributed by atoms with E-state index in [0.717, 1.165) is 0 Å². The highest BCUT2D eigenvalue weighted by Gasteiger charge is 2.06. The van der Waals surface area contributed by atoms with Gasteiger partial charge in [-0.25, -0.2) is 9.37 Å². The summed E-state index contributed by atoms with van der Waals surface area (Å²) in [6.45, 7) is 2.19. The topological polar surface area (TPSA) is 57.8 Å². The van der Waals surface area contributed by atoms with Crippen molar-refractivity contribution in [1.29, 1.82) is 0 Å². The van der Waals surface area contributed by atoms with E-state index in [1.165, 1.54) is 12.1 Å². The number of halogens is 1. The maximum absolute atomic E-state index is 13.2. The predicted molar refractivity (Wildman–Crippen MR) is 67.8 cm³/mol. The molecule has 18 heavy (non-hydrogen) atoms. The van der Waals surface area contributed by atoms with Crippen molar-refractivity contribution in [2.24, 2.45) is 0 Å². The van der Waals surface area contributed by atoms with Crippen LogP contribution in [0.15, 0.2) is 29.1 Å². The van der Waals surface area contributed by atoms with E-state index in [1.807, 2.05) is 0 Å². The minimum absolute atomic E-state index is 0.216. The fraction of sp³-hybridized carbons (Fsp3) is 0.231. The maximum atomic E-state index is 13.2. The van der Waals surface area contributed by atoms with E-state index < -0.39 is 0 Å². The largest absolute Gasteiger partial charge is 0.314 e. The van der Waals surface area contributed by atoms with Crippen LogP contribution in [0.1, 0.15) is 11.3 Å². The number of rotatable bonds is 3. The molecule has 1 aromatic carbocycles. The highest BCUT2D eigenvalue weighted by molar-refractivity contribution is 5.56. The molecule has 0 aliphatic rings. The first kappa shape index (κ1) is 12.4. The molecule has 1 aromatic heterocycles. The zero-order chi connectivity index (χ0) is 13.1. The number of H-pyrrole nitrogens is 1. The summed E-state index contributed by atoms with van der Waals surface area (Å²) in [7, 11) is 1.78. The summed E-state index contributed by atoms with van der Waals surface area (Å²) in [5.74, 6) is 0.184. The Morgan fingerprint density at radius 2 is 2.17 bits per heavy atom. The lowest BCUT2D eigenvalue weighted by molar-refractivity contribution is 0.618. The van der Waals surface area contributed by atoms with E-state index in [2.05, 4.69) is 15.3 Å². The molecular formula is C13H14FN3O. The monoisotopic (exact) mass is 247 g/mol. The van der Waals surface area contributed by atoms with Crippen molar-refractivity contribution in [3.63, 3.8) is 0 Å². The first-order valence-corrected chi connectivity index (χ1v) is 5.61. The normalized spacial score (nSPS) is 10.6. The second kappa shape index (κ2) is 5.10. The third-order valence-electron chi connectivity index (χ3n) is 2.58.